The quantitative estimate of drug-likeness (QED) is 0.573. The van der Waals surface area contributed by atoms with Crippen LogP contribution in [0.15, 0.2) is 66.9 Å². The summed E-state index contributed by atoms with van der Waals surface area (Å²) in [6.45, 7) is 1.44. The largest absolute Gasteiger partial charge is 0.326 e. The van der Waals surface area contributed by atoms with Gasteiger partial charge in [0.15, 0.2) is 5.65 Å². The molecule has 2 aromatic carbocycles. The normalized spacial score (nSPS) is 10.6. The summed E-state index contributed by atoms with van der Waals surface area (Å²) in [6.07, 6.45) is 1.68. The molecule has 2 aromatic heterocycles. The Morgan fingerprint density at radius 1 is 0.893 bits per heavy atom. The van der Waals surface area contributed by atoms with E-state index in [1.54, 1.807) is 65.5 Å². The molecule has 4 aromatic rings. The number of benzene rings is 2. The first kappa shape index (κ1) is 17.3. The SMILES string of the molecule is CC(=O)Nc1ccc(NC(=O)c2ccc(-n3nnc4cccnc43)cc2)cc1. The third-order valence-corrected chi connectivity index (χ3v) is 4.05. The van der Waals surface area contributed by atoms with Gasteiger partial charge in [0.05, 0.1) is 5.69 Å². The van der Waals surface area contributed by atoms with Gasteiger partial charge in [-0.2, -0.15) is 4.68 Å². The van der Waals surface area contributed by atoms with Crippen LogP contribution in [-0.4, -0.2) is 31.8 Å². The Bertz CT molecular complexity index is 1150. The number of amides is 2. The first-order valence-corrected chi connectivity index (χ1v) is 8.56. The maximum Gasteiger partial charge on any atom is 0.255 e. The zero-order chi connectivity index (χ0) is 19.5. The third-order valence-electron chi connectivity index (χ3n) is 4.05. The van der Waals surface area contributed by atoms with Gasteiger partial charge in [0, 0.05) is 30.1 Å². The molecule has 0 saturated carbocycles. The van der Waals surface area contributed by atoms with Crippen LogP contribution in [0.25, 0.3) is 16.9 Å². The Hall–Kier alpha value is -4.07. The van der Waals surface area contributed by atoms with Gasteiger partial charge in [0.2, 0.25) is 5.91 Å². The highest BCUT2D eigenvalue weighted by Crippen LogP contribution is 2.17. The monoisotopic (exact) mass is 372 g/mol. The zero-order valence-electron chi connectivity index (χ0n) is 15.0. The van der Waals surface area contributed by atoms with Crippen LogP contribution in [-0.2, 0) is 4.79 Å². The molecule has 0 fully saturated rings. The molecule has 0 atom stereocenters. The molecule has 4 rings (SSSR count). The highest BCUT2D eigenvalue weighted by Gasteiger charge is 2.10. The van der Waals surface area contributed by atoms with Crippen LogP contribution in [0.2, 0.25) is 0 Å². The minimum atomic E-state index is -0.236. The summed E-state index contributed by atoms with van der Waals surface area (Å²) in [7, 11) is 0. The Labute approximate surface area is 160 Å². The van der Waals surface area contributed by atoms with E-state index in [0.29, 0.717) is 28.1 Å². The van der Waals surface area contributed by atoms with E-state index in [4.69, 9.17) is 0 Å². The van der Waals surface area contributed by atoms with Crippen LogP contribution in [0.1, 0.15) is 17.3 Å². The number of anilines is 2. The van der Waals surface area contributed by atoms with Crippen LogP contribution >= 0.6 is 0 Å². The predicted octanol–water partition coefficient (Wildman–Crippen LogP) is 3.03. The van der Waals surface area contributed by atoms with Crippen LogP contribution in [0.3, 0.4) is 0 Å². The number of rotatable bonds is 4. The molecule has 28 heavy (non-hydrogen) atoms. The number of fused-ring (bicyclic) bond motifs is 1. The molecule has 2 amide bonds. The molecular weight excluding hydrogens is 356 g/mol. The molecule has 0 aliphatic rings. The Morgan fingerprint density at radius 2 is 1.57 bits per heavy atom. The van der Waals surface area contributed by atoms with Crippen molar-refractivity contribution in [2.45, 2.75) is 6.92 Å². The van der Waals surface area contributed by atoms with Crippen molar-refractivity contribution in [2.75, 3.05) is 10.6 Å². The molecule has 0 spiro atoms. The molecule has 2 heterocycles. The summed E-state index contributed by atoms with van der Waals surface area (Å²) in [6, 6.07) is 17.6. The number of nitrogens with zero attached hydrogens (tertiary/aromatic N) is 4. The number of hydrogen-bond donors (Lipinski definition) is 2. The van der Waals surface area contributed by atoms with Crippen molar-refractivity contribution in [3.8, 4) is 5.69 Å². The second kappa shape index (κ2) is 7.28. The summed E-state index contributed by atoms with van der Waals surface area (Å²) in [5.74, 6) is -0.382. The predicted molar refractivity (Wildman–Crippen MR) is 105 cm³/mol. The van der Waals surface area contributed by atoms with Crippen molar-refractivity contribution >= 4 is 34.4 Å². The second-order valence-electron chi connectivity index (χ2n) is 6.11. The Kier molecular flexibility index (Phi) is 4.51. The zero-order valence-corrected chi connectivity index (χ0v) is 15.0. The average molecular weight is 372 g/mol. The average Bonchev–Trinajstić information content (AvgIpc) is 3.13. The van der Waals surface area contributed by atoms with Gasteiger partial charge in [-0.25, -0.2) is 4.98 Å². The molecule has 8 nitrogen and oxygen atoms in total. The lowest BCUT2D eigenvalue weighted by Crippen LogP contribution is -2.12. The summed E-state index contributed by atoms with van der Waals surface area (Å²) in [5.41, 5.74) is 3.92. The molecule has 138 valence electrons. The minimum absolute atomic E-state index is 0.146. The number of carbonyl (C=O) groups excluding carboxylic acids is 2. The molecule has 2 N–H and O–H groups in total. The van der Waals surface area contributed by atoms with Crippen molar-refractivity contribution < 1.29 is 9.59 Å². The van der Waals surface area contributed by atoms with E-state index in [2.05, 4.69) is 25.9 Å². The molecular formula is C20H16N6O2. The van der Waals surface area contributed by atoms with Gasteiger partial charge in [-0.1, -0.05) is 5.21 Å². The lowest BCUT2D eigenvalue weighted by atomic mass is 10.2. The van der Waals surface area contributed by atoms with Crippen LogP contribution in [0.4, 0.5) is 11.4 Å². The minimum Gasteiger partial charge on any atom is -0.326 e. The topological polar surface area (TPSA) is 102 Å². The lowest BCUT2D eigenvalue weighted by Gasteiger charge is -2.08. The molecule has 0 unspecified atom stereocenters. The van der Waals surface area contributed by atoms with Gasteiger partial charge in [0.1, 0.15) is 5.52 Å². The van der Waals surface area contributed by atoms with Gasteiger partial charge < -0.3 is 10.6 Å². The third kappa shape index (κ3) is 3.56. The maximum absolute atomic E-state index is 12.5. The Morgan fingerprint density at radius 3 is 2.25 bits per heavy atom. The van der Waals surface area contributed by atoms with Crippen LogP contribution < -0.4 is 10.6 Å². The number of aromatic nitrogens is 4. The van der Waals surface area contributed by atoms with E-state index < -0.39 is 0 Å². The van der Waals surface area contributed by atoms with Crippen molar-refractivity contribution in [1.82, 2.24) is 20.0 Å². The molecule has 0 bridgehead atoms. The van der Waals surface area contributed by atoms with E-state index in [9.17, 15) is 9.59 Å². The van der Waals surface area contributed by atoms with Gasteiger partial charge in [-0.05, 0) is 60.7 Å². The molecule has 0 saturated heterocycles. The van der Waals surface area contributed by atoms with Gasteiger partial charge in [-0.3, -0.25) is 9.59 Å². The van der Waals surface area contributed by atoms with Crippen LogP contribution in [0, 0.1) is 0 Å². The summed E-state index contributed by atoms with van der Waals surface area (Å²) in [4.78, 5) is 27.8. The molecule has 0 aliphatic carbocycles. The fourth-order valence-electron chi connectivity index (χ4n) is 2.74. The second-order valence-corrected chi connectivity index (χ2v) is 6.11. The van der Waals surface area contributed by atoms with Gasteiger partial charge in [-0.15, -0.1) is 5.10 Å². The van der Waals surface area contributed by atoms with Crippen molar-refractivity contribution in [3.05, 3.63) is 72.4 Å². The fourth-order valence-corrected chi connectivity index (χ4v) is 2.74. The summed E-state index contributed by atoms with van der Waals surface area (Å²) < 4.78 is 1.62. The molecule has 0 radical (unpaired) electrons. The first-order chi connectivity index (χ1) is 13.6. The summed E-state index contributed by atoms with van der Waals surface area (Å²) >= 11 is 0. The van der Waals surface area contributed by atoms with E-state index in [1.807, 2.05) is 6.07 Å². The number of nitrogens with one attached hydrogen (secondary N) is 2. The highest BCUT2D eigenvalue weighted by atomic mass is 16.2. The first-order valence-electron chi connectivity index (χ1n) is 8.56. The fraction of sp³-hybridized carbons (Fsp3) is 0.0500. The van der Waals surface area contributed by atoms with E-state index >= 15 is 0 Å². The Balaban J connectivity index is 1.49. The lowest BCUT2D eigenvalue weighted by molar-refractivity contribution is -0.114. The number of carbonyl (C=O) groups is 2. The number of hydrogen-bond acceptors (Lipinski definition) is 5. The van der Waals surface area contributed by atoms with Crippen LogP contribution in [0.5, 0.6) is 0 Å². The number of pyridine rings is 1. The van der Waals surface area contributed by atoms with Gasteiger partial charge in [0.25, 0.3) is 5.91 Å². The highest BCUT2D eigenvalue weighted by molar-refractivity contribution is 6.04. The summed E-state index contributed by atoms with van der Waals surface area (Å²) in [5, 5.41) is 13.7. The molecule has 0 aliphatic heterocycles. The van der Waals surface area contributed by atoms with Crippen molar-refractivity contribution in [1.29, 1.82) is 0 Å². The van der Waals surface area contributed by atoms with Crippen molar-refractivity contribution in [3.63, 3.8) is 0 Å². The van der Waals surface area contributed by atoms with E-state index in [1.165, 1.54) is 6.92 Å². The molecule has 8 heteroatoms. The maximum atomic E-state index is 12.5. The van der Waals surface area contributed by atoms with E-state index in [0.717, 1.165) is 5.69 Å². The van der Waals surface area contributed by atoms with Gasteiger partial charge >= 0.3 is 0 Å². The standard InChI is InChI=1S/C20H16N6O2/c1-13(27)22-15-6-8-16(9-7-15)23-20(28)14-4-10-17(11-5-14)26-19-18(24-25-26)3-2-12-21-19/h2-12H,1H3,(H,22,27)(H,23,28). The van der Waals surface area contributed by atoms with E-state index in [-0.39, 0.29) is 11.8 Å². The smallest absolute Gasteiger partial charge is 0.255 e. The van der Waals surface area contributed by atoms with Crippen molar-refractivity contribution in [2.24, 2.45) is 0 Å².